The lowest BCUT2D eigenvalue weighted by molar-refractivity contribution is 0.145. The lowest BCUT2D eigenvalue weighted by Gasteiger charge is -2.15. The van der Waals surface area contributed by atoms with Gasteiger partial charge in [0.15, 0.2) is 0 Å². The van der Waals surface area contributed by atoms with Crippen LogP contribution in [0.4, 0.5) is 0 Å². The summed E-state index contributed by atoms with van der Waals surface area (Å²) in [5, 5.41) is 26.7. The highest BCUT2D eigenvalue weighted by Gasteiger charge is 2.14. The van der Waals surface area contributed by atoms with Crippen molar-refractivity contribution in [3.8, 4) is 5.75 Å². The van der Waals surface area contributed by atoms with Gasteiger partial charge in [0.2, 0.25) is 0 Å². The van der Waals surface area contributed by atoms with E-state index in [1.165, 1.54) is 4.68 Å². The standard InChI is InChI=1S/C13H17N3O3/c1-2-19-13-6-4-3-5-11(13)12(18)8-16-7-10(9-17)14-15-16/h3-7,12,17-18H,2,8-9H2,1H3. The Kier molecular flexibility index (Phi) is 4.48. The van der Waals surface area contributed by atoms with Gasteiger partial charge in [0.05, 0.1) is 26.0 Å². The Labute approximate surface area is 111 Å². The van der Waals surface area contributed by atoms with Crippen LogP contribution in [-0.2, 0) is 13.2 Å². The topological polar surface area (TPSA) is 80.4 Å². The van der Waals surface area contributed by atoms with Crippen LogP contribution in [0.15, 0.2) is 30.5 Å². The summed E-state index contributed by atoms with van der Waals surface area (Å²) in [5.41, 5.74) is 1.19. The maximum absolute atomic E-state index is 10.2. The maximum Gasteiger partial charge on any atom is 0.125 e. The van der Waals surface area contributed by atoms with E-state index in [1.807, 2.05) is 31.2 Å². The van der Waals surface area contributed by atoms with Gasteiger partial charge < -0.3 is 14.9 Å². The smallest absolute Gasteiger partial charge is 0.125 e. The monoisotopic (exact) mass is 263 g/mol. The molecule has 1 aromatic carbocycles. The summed E-state index contributed by atoms with van der Waals surface area (Å²) < 4.78 is 6.98. The van der Waals surface area contributed by atoms with Gasteiger partial charge in [-0.3, -0.25) is 0 Å². The van der Waals surface area contributed by atoms with Crippen LogP contribution in [-0.4, -0.2) is 31.8 Å². The molecule has 0 saturated carbocycles. The van der Waals surface area contributed by atoms with Crippen LogP contribution in [0.3, 0.4) is 0 Å². The van der Waals surface area contributed by atoms with E-state index in [2.05, 4.69) is 10.3 Å². The Morgan fingerprint density at radius 1 is 1.37 bits per heavy atom. The fourth-order valence-corrected chi connectivity index (χ4v) is 1.82. The Morgan fingerprint density at radius 2 is 2.16 bits per heavy atom. The van der Waals surface area contributed by atoms with E-state index < -0.39 is 6.10 Å². The van der Waals surface area contributed by atoms with Crippen molar-refractivity contribution < 1.29 is 14.9 Å². The summed E-state index contributed by atoms with van der Waals surface area (Å²) in [7, 11) is 0. The number of hydrogen-bond acceptors (Lipinski definition) is 5. The zero-order chi connectivity index (χ0) is 13.7. The third kappa shape index (κ3) is 3.30. The molecule has 2 aromatic rings. The van der Waals surface area contributed by atoms with Gasteiger partial charge in [-0.15, -0.1) is 5.10 Å². The second-order valence-corrected chi connectivity index (χ2v) is 4.08. The van der Waals surface area contributed by atoms with Crippen molar-refractivity contribution in [2.75, 3.05) is 6.61 Å². The summed E-state index contributed by atoms with van der Waals surface area (Å²) in [6.07, 6.45) is 0.864. The number of aliphatic hydroxyl groups excluding tert-OH is 2. The lowest BCUT2D eigenvalue weighted by Crippen LogP contribution is -2.11. The number of aromatic nitrogens is 3. The quantitative estimate of drug-likeness (QED) is 0.809. The van der Waals surface area contributed by atoms with E-state index in [4.69, 9.17) is 9.84 Å². The number of hydrogen-bond donors (Lipinski definition) is 2. The van der Waals surface area contributed by atoms with Crippen LogP contribution < -0.4 is 4.74 Å². The van der Waals surface area contributed by atoms with Crippen LogP contribution in [0.1, 0.15) is 24.3 Å². The zero-order valence-corrected chi connectivity index (χ0v) is 10.7. The molecule has 19 heavy (non-hydrogen) atoms. The molecule has 0 aliphatic carbocycles. The van der Waals surface area contributed by atoms with Gasteiger partial charge in [-0.1, -0.05) is 23.4 Å². The minimum atomic E-state index is -0.740. The average Bonchev–Trinajstić information content (AvgIpc) is 2.87. The molecule has 0 bridgehead atoms. The van der Waals surface area contributed by atoms with E-state index in [0.717, 1.165) is 0 Å². The van der Waals surface area contributed by atoms with Crippen molar-refractivity contribution in [3.63, 3.8) is 0 Å². The molecule has 0 radical (unpaired) electrons. The molecule has 0 fully saturated rings. The Bertz CT molecular complexity index is 527. The van der Waals surface area contributed by atoms with Crippen LogP contribution in [0.25, 0.3) is 0 Å². The van der Waals surface area contributed by atoms with Crippen LogP contribution in [0.2, 0.25) is 0 Å². The Morgan fingerprint density at radius 3 is 2.84 bits per heavy atom. The van der Waals surface area contributed by atoms with Gasteiger partial charge in [-0.25, -0.2) is 4.68 Å². The second-order valence-electron chi connectivity index (χ2n) is 4.08. The van der Waals surface area contributed by atoms with Crippen molar-refractivity contribution in [1.29, 1.82) is 0 Å². The van der Waals surface area contributed by atoms with Crippen molar-refractivity contribution in [3.05, 3.63) is 41.7 Å². The van der Waals surface area contributed by atoms with E-state index in [-0.39, 0.29) is 13.2 Å². The van der Waals surface area contributed by atoms with Gasteiger partial charge in [-0.2, -0.15) is 0 Å². The molecule has 1 aromatic heterocycles. The molecule has 6 nitrogen and oxygen atoms in total. The van der Waals surface area contributed by atoms with Crippen molar-refractivity contribution >= 4 is 0 Å². The number of nitrogens with zero attached hydrogens (tertiary/aromatic N) is 3. The van der Waals surface area contributed by atoms with Crippen LogP contribution in [0.5, 0.6) is 5.75 Å². The van der Waals surface area contributed by atoms with E-state index in [9.17, 15) is 5.11 Å². The summed E-state index contributed by atoms with van der Waals surface area (Å²) >= 11 is 0. The SMILES string of the molecule is CCOc1ccccc1C(O)Cn1cc(CO)nn1. The molecule has 0 amide bonds. The molecule has 0 aliphatic rings. The third-order valence-electron chi connectivity index (χ3n) is 2.69. The van der Waals surface area contributed by atoms with E-state index >= 15 is 0 Å². The number of para-hydroxylation sites is 1. The highest BCUT2D eigenvalue weighted by atomic mass is 16.5. The fourth-order valence-electron chi connectivity index (χ4n) is 1.82. The molecule has 1 heterocycles. The van der Waals surface area contributed by atoms with Crippen molar-refractivity contribution in [2.24, 2.45) is 0 Å². The predicted octanol–water partition coefficient (Wildman–Crippen LogP) is 0.903. The molecular formula is C13H17N3O3. The molecule has 6 heteroatoms. The summed E-state index contributed by atoms with van der Waals surface area (Å²) in [6, 6.07) is 7.35. The lowest BCUT2D eigenvalue weighted by atomic mass is 10.1. The van der Waals surface area contributed by atoms with E-state index in [0.29, 0.717) is 23.6 Å². The zero-order valence-electron chi connectivity index (χ0n) is 10.7. The molecule has 2 rings (SSSR count). The minimum absolute atomic E-state index is 0.161. The first-order valence-corrected chi connectivity index (χ1v) is 6.14. The summed E-state index contributed by atoms with van der Waals surface area (Å²) in [5.74, 6) is 0.667. The van der Waals surface area contributed by atoms with Gasteiger partial charge >= 0.3 is 0 Å². The van der Waals surface area contributed by atoms with Crippen molar-refractivity contribution in [1.82, 2.24) is 15.0 Å². The molecule has 0 saturated heterocycles. The number of rotatable bonds is 6. The molecule has 2 N–H and O–H groups in total. The third-order valence-corrected chi connectivity index (χ3v) is 2.69. The van der Waals surface area contributed by atoms with Crippen LogP contribution in [0, 0.1) is 0 Å². The first-order valence-electron chi connectivity index (χ1n) is 6.14. The summed E-state index contributed by atoms with van der Waals surface area (Å²) in [6.45, 7) is 2.54. The number of benzene rings is 1. The molecule has 1 unspecified atom stereocenters. The normalized spacial score (nSPS) is 12.4. The van der Waals surface area contributed by atoms with E-state index in [1.54, 1.807) is 6.20 Å². The fraction of sp³-hybridized carbons (Fsp3) is 0.385. The molecule has 0 spiro atoms. The molecular weight excluding hydrogens is 246 g/mol. The first-order chi connectivity index (χ1) is 9.24. The Balaban J connectivity index is 2.12. The number of aliphatic hydroxyl groups is 2. The van der Waals surface area contributed by atoms with Gasteiger partial charge in [0.1, 0.15) is 17.5 Å². The van der Waals surface area contributed by atoms with Crippen LogP contribution >= 0.6 is 0 Å². The first kappa shape index (κ1) is 13.5. The van der Waals surface area contributed by atoms with Gasteiger partial charge in [0.25, 0.3) is 0 Å². The van der Waals surface area contributed by atoms with Crippen molar-refractivity contribution in [2.45, 2.75) is 26.2 Å². The Hall–Kier alpha value is -1.92. The predicted molar refractivity (Wildman–Crippen MR) is 68.5 cm³/mol. The molecule has 1 atom stereocenters. The number of ether oxygens (including phenoxy) is 1. The average molecular weight is 263 g/mol. The molecule has 0 aliphatic heterocycles. The minimum Gasteiger partial charge on any atom is -0.493 e. The highest BCUT2D eigenvalue weighted by molar-refractivity contribution is 5.35. The summed E-state index contributed by atoms with van der Waals surface area (Å²) in [4.78, 5) is 0. The maximum atomic E-state index is 10.2. The second kappa shape index (κ2) is 6.31. The highest BCUT2D eigenvalue weighted by Crippen LogP contribution is 2.25. The van der Waals surface area contributed by atoms with Gasteiger partial charge in [0, 0.05) is 5.56 Å². The largest absolute Gasteiger partial charge is 0.493 e. The van der Waals surface area contributed by atoms with Gasteiger partial charge in [-0.05, 0) is 13.0 Å². The molecule has 102 valence electrons.